The Morgan fingerprint density at radius 2 is 2.29 bits per heavy atom. The Bertz CT molecular complexity index is 400. The van der Waals surface area contributed by atoms with Crippen molar-refractivity contribution in [3.05, 3.63) is 29.8 Å². The Kier molecular flexibility index (Phi) is 3.64. The number of para-hydroxylation sites is 1. The van der Waals surface area contributed by atoms with Crippen molar-refractivity contribution in [2.24, 2.45) is 5.92 Å². The molecule has 1 aliphatic heterocycles. The fourth-order valence-corrected chi connectivity index (χ4v) is 2.09. The number of anilines is 1. The average molecular weight is 234 g/mol. The molecule has 0 aliphatic carbocycles. The van der Waals surface area contributed by atoms with E-state index in [0.29, 0.717) is 17.2 Å². The van der Waals surface area contributed by atoms with Gasteiger partial charge in [-0.3, -0.25) is 4.79 Å². The van der Waals surface area contributed by atoms with Crippen LogP contribution in [0.1, 0.15) is 16.8 Å². The van der Waals surface area contributed by atoms with Crippen molar-refractivity contribution in [2.75, 3.05) is 32.5 Å². The summed E-state index contributed by atoms with van der Waals surface area (Å²) in [6.07, 6.45) is 1.03. The Morgan fingerprint density at radius 3 is 2.94 bits per heavy atom. The highest BCUT2D eigenvalue weighted by molar-refractivity contribution is 5.98. The summed E-state index contributed by atoms with van der Waals surface area (Å²) in [5, 5.41) is 0. The molecule has 2 rings (SSSR count). The summed E-state index contributed by atoms with van der Waals surface area (Å²) in [6, 6.07) is 7.17. The van der Waals surface area contributed by atoms with Crippen molar-refractivity contribution in [2.45, 2.75) is 6.42 Å². The summed E-state index contributed by atoms with van der Waals surface area (Å²) in [5.74, 6) is 0.434. The highest BCUT2D eigenvalue weighted by atomic mass is 16.5. The lowest BCUT2D eigenvalue weighted by Gasteiger charge is -2.21. The maximum Gasteiger partial charge on any atom is 0.255 e. The molecule has 17 heavy (non-hydrogen) atoms. The van der Waals surface area contributed by atoms with Gasteiger partial charge in [-0.15, -0.1) is 0 Å². The lowest BCUT2D eigenvalue weighted by atomic mass is 10.1. The molecule has 1 amide bonds. The molecule has 92 valence electrons. The second kappa shape index (κ2) is 5.19. The van der Waals surface area contributed by atoms with E-state index in [2.05, 4.69) is 0 Å². The number of nitrogen functional groups attached to an aromatic ring is 1. The molecule has 4 nitrogen and oxygen atoms in total. The van der Waals surface area contributed by atoms with Gasteiger partial charge in [0.05, 0.1) is 12.2 Å². The molecule has 0 aromatic heterocycles. The van der Waals surface area contributed by atoms with Gasteiger partial charge in [0.2, 0.25) is 0 Å². The van der Waals surface area contributed by atoms with Crippen LogP contribution in [-0.2, 0) is 4.74 Å². The summed E-state index contributed by atoms with van der Waals surface area (Å²) in [7, 11) is 1.81. The van der Waals surface area contributed by atoms with Crippen LogP contribution in [0.4, 0.5) is 5.69 Å². The minimum absolute atomic E-state index is 0.0185. The zero-order chi connectivity index (χ0) is 12.3. The lowest BCUT2D eigenvalue weighted by Crippen LogP contribution is -2.32. The molecule has 1 aromatic rings. The first-order valence-corrected chi connectivity index (χ1v) is 5.86. The van der Waals surface area contributed by atoms with Crippen molar-refractivity contribution in [1.82, 2.24) is 4.90 Å². The molecule has 4 heteroatoms. The van der Waals surface area contributed by atoms with E-state index >= 15 is 0 Å². The predicted molar refractivity (Wildman–Crippen MR) is 66.7 cm³/mol. The van der Waals surface area contributed by atoms with Crippen LogP contribution in [0, 0.1) is 5.92 Å². The van der Waals surface area contributed by atoms with Crippen LogP contribution in [-0.4, -0.2) is 37.6 Å². The number of hydrogen-bond donors (Lipinski definition) is 1. The molecule has 1 atom stereocenters. The van der Waals surface area contributed by atoms with E-state index in [1.54, 1.807) is 17.0 Å². The van der Waals surface area contributed by atoms with Crippen LogP contribution >= 0.6 is 0 Å². The number of hydrogen-bond acceptors (Lipinski definition) is 3. The second-order valence-electron chi connectivity index (χ2n) is 4.50. The summed E-state index contributed by atoms with van der Waals surface area (Å²) in [6.45, 7) is 2.29. The topological polar surface area (TPSA) is 55.6 Å². The Morgan fingerprint density at radius 1 is 1.53 bits per heavy atom. The highest BCUT2D eigenvalue weighted by Gasteiger charge is 2.21. The third-order valence-electron chi connectivity index (χ3n) is 3.09. The second-order valence-corrected chi connectivity index (χ2v) is 4.50. The van der Waals surface area contributed by atoms with E-state index in [1.165, 1.54) is 0 Å². The number of carbonyl (C=O) groups is 1. The molecule has 1 fully saturated rings. The number of benzene rings is 1. The number of nitrogens with zero attached hydrogens (tertiary/aromatic N) is 1. The standard InChI is InChI=1S/C13H18N2O2/c1-15(8-10-6-7-17-9-10)13(16)11-4-2-3-5-12(11)14/h2-5,10H,6-9,14H2,1H3. The molecule has 1 unspecified atom stereocenters. The van der Waals surface area contributed by atoms with E-state index in [9.17, 15) is 4.79 Å². The van der Waals surface area contributed by atoms with Gasteiger partial charge in [0.1, 0.15) is 0 Å². The van der Waals surface area contributed by atoms with Gasteiger partial charge in [-0.2, -0.15) is 0 Å². The Hall–Kier alpha value is -1.55. The van der Waals surface area contributed by atoms with E-state index in [0.717, 1.165) is 26.2 Å². The molecule has 1 aliphatic rings. The number of rotatable bonds is 3. The van der Waals surface area contributed by atoms with Crippen molar-refractivity contribution < 1.29 is 9.53 Å². The quantitative estimate of drug-likeness (QED) is 0.804. The third kappa shape index (κ3) is 2.77. The van der Waals surface area contributed by atoms with E-state index in [-0.39, 0.29) is 5.91 Å². The minimum Gasteiger partial charge on any atom is -0.398 e. The van der Waals surface area contributed by atoms with Crippen LogP contribution in [0.15, 0.2) is 24.3 Å². The molecule has 1 heterocycles. The fraction of sp³-hybridized carbons (Fsp3) is 0.462. The maximum atomic E-state index is 12.2. The summed E-state index contributed by atoms with van der Waals surface area (Å²) in [4.78, 5) is 13.9. The lowest BCUT2D eigenvalue weighted by molar-refractivity contribution is 0.0767. The van der Waals surface area contributed by atoms with Gasteiger partial charge in [-0.1, -0.05) is 12.1 Å². The Balaban J connectivity index is 2.01. The van der Waals surface area contributed by atoms with Crippen molar-refractivity contribution in [3.8, 4) is 0 Å². The van der Waals surface area contributed by atoms with Gasteiger partial charge >= 0.3 is 0 Å². The van der Waals surface area contributed by atoms with Crippen LogP contribution in [0.3, 0.4) is 0 Å². The smallest absolute Gasteiger partial charge is 0.255 e. The van der Waals surface area contributed by atoms with Gasteiger partial charge < -0.3 is 15.4 Å². The summed E-state index contributed by atoms with van der Waals surface area (Å²) in [5.41, 5.74) is 6.91. The SMILES string of the molecule is CN(CC1CCOC1)C(=O)c1ccccc1N. The van der Waals surface area contributed by atoms with E-state index in [1.807, 2.05) is 19.2 Å². The van der Waals surface area contributed by atoms with Gasteiger partial charge in [0, 0.05) is 31.8 Å². The number of ether oxygens (including phenoxy) is 1. The molecular formula is C13H18N2O2. The van der Waals surface area contributed by atoms with E-state index < -0.39 is 0 Å². The highest BCUT2D eigenvalue weighted by Crippen LogP contribution is 2.17. The van der Waals surface area contributed by atoms with Gasteiger partial charge in [-0.25, -0.2) is 0 Å². The average Bonchev–Trinajstić information content (AvgIpc) is 2.81. The minimum atomic E-state index is -0.0185. The molecule has 1 saturated heterocycles. The maximum absolute atomic E-state index is 12.2. The monoisotopic (exact) mass is 234 g/mol. The van der Waals surface area contributed by atoms with Gasteiger partial charge in [-0.05, 0) is 18.6 Å². The molecule has 0 bridgehead atoms. The molecule has 0 saturated carbocycles. The van der Waals surface area contributed by atoms with Crippen LogP contribution < -0.4 is 5.73 Å². The molecule has 1 aromatic carbocycles. The summed E-state index contributed by atoms with van der Waals surface area (Å²) >= 11 is 0. The fourth-order valence-electron chi connectivity index (χ4n) is 2.09. The normalized spacial score (nSPS) is 19.2. The molecule has 0 radical (unpaired) electrons. The largest absolute Gasteiger partial charge is 0.398 e. The Labute approximate surface area is 101 Å². The van der Waals surface area contributed by atoms with Gasteiger partial charge in [0.25, 0.3) is 5.91 Å². The third-order valence-corrected chi connectivity index (χ3v) is 3.09. The van der Waals surface area contributed by atoms with Crippen molar-refractivity contribution in [1.29, 1.82) is 0 Å². The number of nitrogens with two attached hydrogens (primary N) is 1. The first-order valence-electron chi connectivity index (χ1n) is 5.86. The van der Waals surface area contributed by atoms with Crippen molar-refractivity contribution >= 4 is 11.6 Å². The molecule has 0 spiro atoms. The number of amides is 1. The molecular weight excluding hydrogens is 216 g/mol. The first kappa shape index (κ1) is 11.9. The van der Waals surface area contributed by atoms with Gasteiger partial charge in [0.15, 0.2) is 0 Å². The zero-order valence-corrected chi connectivity index (χ0v) is 10.1. The summed E-state index contributed by atoms with van der Waals surface area (Å²) < 4.78 is 5.30. The van der Waals surface area contributed by atoms with Crippen LogP contribution in [0.5, 0.6) is 0 Å². The molecule has 2 N–H and O–H groups in total. The zero-order valence-electron chi connectivity index (χ0n) is 10.1. The van der Waals surface area contributed by atoms with Crippen LogP contribution in [0.25, 0.3) is 0 Å². The first-order chi connectivity index (χ1) is 8.18. The van der Waals surface area contributed by atoms with E-state index in [4.69, 9.17) is 10.5 Å². The number of carbonyl (C=O) groups excluding carboxylic acids is 1. The predicted octanol–water partition coefficient (Wildman–Crippen LogP) is 1.38. The van der Waals surface area contributed by atoms with Crippen molar-refractivity contribution in [3.63, 3.8) is 0 Å². The van der Waals surface area contributed by atoms with Crippen LogP contribution in [0.2, 0.25) is 0 Å².